The Morgan fingerprint density at radius 3 is 3.05 bits per heavy atom. The van der Waals surface area contributed by atoms with Gasteiger partial charge in [0.25, 0.3) is 0 Å². The third-order valence-electron chi connectivity index (χ3n) is 3.19. The molecule has 3 aromatic rings. The van der Waals surface area contributed by atoms with Crippen LogP contribution in [-0.2, 0) is 13.0 Å². The summed E-state index contributed by atoms with van der Waals surface area (Å²) in [4.78, 5) is 8.42. The lowest BCUT2D eigenvalue weighted by molar-refractivity contribution is 0.320. The highest BCUT2D eigenvalue weighted by Gasteiger charge is 2.13. The number of rotatable bonds is 6. The van der Waals surface area contributed by atoms with Gasteiger partial charge in [0, 0.05) is 13.0 Å². The average molecular weight is 287 g/mol. The van der Waals surface area contributed by atoms with Gasteiger partial charge in [0.1, 0.15) is 11.3 Å². The van der Waals surface area contributed by atoms with Gasteiger partial charge in [-0.05, 0) is 18.6 Å². The van der Waals surface area contributed by atoms with Crippen molar-refractivity contribution in [3.63, 3.8) is 0 Å². The normalized spacial score (nSPS) is 11.1. The fourth-order valence-electron chi connectivity index (χ4n) is 2.22. The summed E-state index contributed by atoms with van der Waals surface area (Å²) in [6, 6.07) is 5.83. The number of fused-ring (bicyclic) bond motifs is 1. The Morgan fingerprint density at radius 2 is 2.29 bits per heavy atom. The van der Waals surface area contributed by atoms with Crippen molar-refractivity contribution in [2.24, 2.45) is 0 Å². The predicted molar refractivity (Wildman–Crippen MR) is 77.9 cm³/mol. The Balaban J connectivity index is 1.89. The van der Waals surface area contributed by atoms with Crippen LogP contribution < -0.4 is 10.5 Å². The zero-order valence-corrected chi connectivity index (χ0v) is 11.8. The van der Waals surface area contributed by atoms with E-state index >= 15 is 0 Å². The van der Waals surface area contributed by atoms with E-state index in [0.717, 1.165) is 23.2 Å². The van der Waals surface area contributed by atoms with E-state index in [1.807, 2.05) is 22.8 Å². The maximum absolute atomic E-state index is 6.02. The molecule has 2 N–H and O–H groups in total. The minimum Gasteiger partial charge on any atom is -0.491 e. The number of aromatic nitrogens is 4. The van der Waals surface area contributed by atoms with Crippen molar-refractivity contribution < 1.29 is 9.26 Å². The lowest BCUT2D eigenvalue weighted by Crippen LogP contribution is -2.05. The molecule has 0 amide bonds. The molecule has 0 spiro atoms. The van der Waals surface area contributed by atoms with Crippen LogP contribution in [0.4, 0.5) is 5.95 Å². The highest BCUT2D eigenvalue weighted by atomic mass is 16.5. The average Bonchev–Trinajstić information content (AvgIpc) is 3.10. The number of para-hydroxylation sites is 1. The molecule has 0 unspecified atom stereocenters. The van der Waals surface area contributed by atoms with Gasteiger partial charge in [0.2, 0.25) is 11.8 Å². The molecule has 0 fully saturated rings. The first-order chi connectivity index (χ1) is 10.3. The molecule has 110 valence electrons. The van der Waals surface area contributed by atoms with Gasteiger partial charge in [0.15, 0.2) is 6.33 Å². The maximum Gasteiger partial charge on any atom is 0.228 e. The summed E-state index contributed by atoms with van der Waals surface area (Å²) >= 11 is 0. The molecule has 3 rings (SSSR count). The van der Waals surface area contributed by atoms with Gasteiger partial charge in [-0.2, -0.15) is 4.98 Å². The highest BCUT2D eigenvalue weighted by Crippen LogP contribution is 2.27. The molecule has 0 radical (unpaired) electrons. The molecule has 2 aromatic heterocycles. The SMILES string of the molecule is CCCOc1cccc2c1nc(N)n2CCc1ncno1. The zero-order chi connectivity index (χ0) is 14.7. The number of hydrogen-bond acceptors (Lipinski definition) is 6. The molecule has 0 saturated carbocycles. The van der Waals surface area contributed by atoms with Gasteiger partial charge < -0.3 is 19.6 Å². The minimum atomic E-state index is 0.456. The smallest absolute Gasteiger partial charge is 0.228 e. The monoisotopic (exact) mass is 287 g/mol. The van der Waals surface area contributed by atoms with Gasteiger partial charge in [-0.25, -0.2) is 4.98 Å². The van der Waals surface area contributed by atoms with Crippen LogP contribution in [0.2, 0.25) is 0 Å². The van der Waals surface area contributed by atoms with Crippen LogP contribution >= 0.6 is 0 Å². The van der Waals surface area contributed by atoms with E-state index in [-0.39, 0.29) is 0 Å². The number of nitrogens with two attached hydrogens (primary N) is 1. The number of nitrogen functional groups attached to an aromatic ring is 1. The molecule has 21 heavy (non-hydrogen) atoms. The van der Waals surface area contributed by atoms with Crippen LogP contribution in [-0.4, -0.2) is 26.3 Å². The van der Waals surface area contributed by atoms with Crippen molar-refractivity contribution in [3.8, 4) is 5.75 Å². The van der Waals surface area contributed by atoms with Crippen LogP contribution in [0.15, 0.2) is 29.0 Å². The molecule has 0 aliphatic carbocycles. The van der Waals surface area contributed by atoms with Gasteiger partial charge in [-0.1, -0.05) is 18.1 Å². The number of hydrogen-bond donors (Lipinski definition) is 1. The lowest BCUT2D eigenvalue weighted by Gasteiger charge is -2.06. The first-order valence-electron chi connectivity index (χ1n) is 6.92. The summed E-state index contributed by atoms with van der Waals surface area (Å²) in [6.45, 7) is 3.35. The van der Waals surface area contributed by atoms with E-state index in [2.05, 4.69) is 22.0 Å². The van der Waals surface area contributed by atoms with Crippen molar-refractivity contribution in [1.82, 2.24) is 19.7 Å². The first kappa shape index (κ1) is 13.4. The second-order valence-electron chi connectivity index (χ2n) is 4.68. The Kier molecular flexibility index (Phi) is 3.72. The van der Waals surface area contributed by atoms with Crippen molar-refractivity contribution in [2.75, 3.05) is 12.3 Å². The van der Waals surface area contributed by atoms with Crippen molar-refractivity contribution in [2.45, 2.75) is 26.3 Å². The van der Waals surface area contributed by atoms with Gasteiger partial charge in [-0.15, -0.1) is 0 Å². The summed E-state index contributed by atoms with van der Waals surface area (Å²) in [5.74, 6) is 1.80. The Morgan fingerprint density at radius 1 is 1.38 bits per heavy atom. The second kappa shape index (κ2) is 5.82. The molecule has 0 aliphatic heterocycles. The van der Waals surface area contributed by atoms with E-state index in [9.17, 15) is 0 Å². The molecule has 0 bridgehead atoms. The van der Waals surface area contributed by atoms with E-state index in [4.69, 9.17) is 15.0 Å². The van der Waals surface area contributed by atoms with Gasteiger partial charge in [0.05, 0.1) is 12.1 Å². The molecule has 0 atom stereocenters. The second-order valence-corrected chi connectivity index (χ2v) is 4.68. The van der Waals surface area contributed by atoms with Crippen LogP contribution in [0.25, 0.3) is 11.0 Å². The summed E-state index contributed by atoms with van der Waals surface area (Å²) in [5.41, 5.74) is 7.75. The van der Waals surface area contributed by atoms with E-state index in [1.54, 1.807) is 0 Å². The number of imidazole rings is 1. The summed E-state index contributed by atoms with van der Waals surface area (Å²) < 4.78 is 12.6. The van der Waals surface area contributed by atoms with Gasteiger partial charge in [-0.3, -0.25) is 0 Å². The molecular formula is C14H17N5O2. The van der Waals surface area contributed by atoms with Crippen molar-refractivity contribution in [3.05, 3.63) is 30.4 Å². The van der Waals surface area contributed by atoms with Crippen LogP contribution in [0.3, 0.4) is 0 Å². The van der Waals surface area contributed by atoms with E-state index < -0.39 is 0 Å². The van der Waals surface area contributed by atoms with E-state index in [0.29, 0.717) is 31.4 Å². The Hall–Kier alpha value is -2.57. The maximum atomic E-state index is 6.02. The molecule has 1 aromatic carbocycles. The fraction of sp³-hybridized carbons (Fsp3) is 0.357. The lowest BCUT2D eigenvalue weighted by atomic mass is 10.3. The third-order valence-corrected chi connectivity index (χ3v) is 3.19. The van der Waals surface area contributed by atoms with Crippen LogP contribution in [0.1, 0.15) is 19.2 Å². The molecule has 0 aliphatic rings. The fourth-order valence-corrected chi connectivity index (χ4v) is 2.22. The number of aryl methyl sites for hydroxylation is 2. The number of ether oxygens (including phenoxy) is 1. The third kappa shape index (κ3) is 2.67. The van der Waals surface area contributed by atoms with Crippen LogP contribution in [0.5, 0.6) is 5.75 Å². The summed E-state index contributed by atoms with van der Waals surface area (Å²) in [7, 11) is 0. The van der Waals surface area contributed by atoms with Crippen molar-refractivity contribution in [1.29, 1.82) is 0 Å². The van der Waals surface area contributed by atoms with Gasteiger partial charge >= 0.3 is 0 Å². The largest absolute Gasteiger partial charge is 0.491 e. The molecule has 7 nitrogen and oxygen atoms in total. The topological polar surface area (TPSA) is 92.0 Å². The summed E-state index contributed by atoms with van der Waals surface area (Å²) in [5, 5.41) is 3.59. The Labute approximate surface area is 121 Å². The number of nitrogens with zero attached hydrogens (tertiary/aromatic N) is 4. The molecular weight excluding hydrogens is 270 g/mol. The molecule has 7 heteroatoms. The minimum absolute atomic E-state index is 0.456. The van der Waals surface area contributed by atoms with Crippen LogP contribution in [0, 0.1) is 0 Å². The quantitative estimate of drug-likeness (QED) is 0.745. The molecule has 2 heterocycles. The van der Waals surface area contributed by atoms with E-state index in [1.165, 1.54) is 6.33 Å². The van der Waals surface area contributed by atoms with Crippen molar-refractivity contribution >= 4 is 17.0 Å². The first-order valence-corrected chi connectivity index (χ1v) is 6.92. The number of anilines is 1. The Bertz CT molecular complexity index is 720. The number of benzene rings is 1. The highest BCUT2D eigenvalue weighted by molar-refractivity contribution is 5.84. The predicted octanol–water partition coefficient (Wildman–Crippen LogP) is 2.03. The zero-order valence-electron chi connectivity index (χ0n) is 11.8. The summed E-state index contributed by atoms with van der Waals surface area (Å²) in [6.07, 6.45) is 2.95. The standard InChI is InChI=1S/C14H17N5O2/c1-2-8-20-11-5-3-4-10-13(11)18-14(15)19(10)7-6-12-16-9-17-21-12/h3-5,9H,2,6-8H2,1H3,(H2,15,18). The molecule has 0 saturated heterocycles.